The first kappa shape index (κ1) is 66.5. The third kappa shape index (κ3) is 40.7. The number of unbranched alkanes of at least 4 members (excludes halogenated alkanes) is 6. The van der Waals surface area contributed by atoms with E-state index in [1.807, 2.05) is 0 Å². The molecule has 6 nitrogen and oxygen atoms in total. The zero-order valence-corrected chi connectivity index (χ0v) is 46.9. The van der Waals surface area contributed by atoms with Crippen molar-refractivity contribution in [1.82, 2.24) is 0 Å². The van der Waals surface area contributed by atoms with Gasteiger partial charge < -0.3 is 28.4 Å². The Morgan fingerprint density at radius 1 is 0.293 bits per heavy atom. The van der Waals surface area contributed by atoms with Crippen molar-refractivity contribution in [3.8, 4) is 0 Å². The summed E-state index contributed by atoms with van der Waals surface area (Å²) in [5, 5.41) is 0. The molecular weight excluding hydrogens is 910 g/mol. The maximum absolute atomic E-state index is 12.3. The molecule has 0 rings (SSSR count). The van der Waals surface area contributed by atoms with E-state index in [0.29, 0.717) is 72.5 Å². The van der Waals surface area contributed by atoms with Crippen molar-refractivity contribution in [2.75, 3.05) is 37.0 Å². The monoisotopic (exact) mass is 1010 g/mol. The zero-order valence-electron chi connectivity index (χ0n) is 41.0. The van der Waals surface area contributed by atoms with E-state index in [-0.39, 0.29) is 40.8 Å². The van der Waals surface area contributed by atoms with Crippen LogP contribution in [0, 0.1) is 76.3 Å². The summed E-state index contributed by atoms with van der Waals surface area (Å²) in [6, 6.07) is 0. The van der Waals surface area contributed by atoms with Crippen molar-refractivity contribution in [3.05, 3.63) is 0 Å². The van der Waals surface area contributed by atoms with Crippen molar-refractivity contribution < 1.29 is 69.2 Å². The van der Waals surface area contributed by atoms with Crippen LogP contribution in [0.4, 0.5) is 0 Å². The van der Waals surface area contributed by atoms with Crippen molar-refractivity contribution in [1.29, 1.82) is 0 Å². The maximum Gasteiger partial charge on any atom is 3.00 e. The van der Waals surface area contributed by atoms with Crippen LogP contribution in [0.1, 0.15) is 237 Å². The Kier molecular flexibility index (Phi) is 49.1. The first-order valence-corrected chi connectivity index (χ1v) is 30.8. The molecule has 6 unspecified atom stereocenters. The summed E-state index contributed by atoms with van der Waals surface area (Å²) in [5.74, 6) is 2.29. The van der Waals surface area contributed by atoms with Crippen LogP contribution in [0.25, 0.3) is 0 Å². The van der Waals surface area contributed by atoms with Crippen LogP contribution < -0.4 is 14.7 Å². The topological polar surface area (TPSA) is 120 Å². The molecule has 0 aromatic heterocycles. The zero-order chi connectivity index (χ0) is 44.2. The molecule has 0 fully saturated rings. The molecule has 6 atom stereocenters. The second-order valence-electron chi connectivity index (χ2n) is 18.0. The summed E-state index contributed by atoms with van der Waals surface area (Å²) in [6.45, 7) is 25.7. The van der Waals surface area contributed by atoms with Crippen LogP contribution in [0.2, 0.25) is 0 Å². The van der Waals surface area contributed by atoms with E-state index in [9.17, 15) is 28.4 Å². The number of rotatable bonds is 36. The minimum Gasteiger partial charge on any atom is -0.799 e. The fourth-order valence-electron chi connectivity index (χ4n) is 8.09. The van der Waals surface area contributed by atoms with E-state index in [1.54, 1.807) is 0 Å². The second kappa shape index (κ2) is 42.8. The van der Waals surface area contributed by atoms with Crippen LogP contribution >= 0.6 is 22.1 Å². The fourth-order valence-corrected chi connectivity index (χ4v) is 15.9. The van der Waals surface area contributed by atoms with Crippen LogP contribution in [-0.4, -0.2) is 37.0 Å². The van der Waals surface area contributed by atoms with Gasteiger partial charge in [-0.15, -0.1) is 0 Å². The van der Waals surface area contributed by atoms with Gasteiger partial charge in [-0.1, -0.05) is 237 Å². The first-order chi connectivity index (χ1) is 27.0. The van der Waals surface area contributed by atoms with Crippen LogP contribution in [0.3, 0.4) is 0 Å². The van der Waals surface area contributed by atoms with Gasteiger partial charge in [0.05, 0.1) is 0 Å². The average Bonchev–Trinajstić information content (AvgIpc) is 3.18. The van der Waals surface area contributed by atoms with Gasteiger partial charge in [0.15, 0.2) is 0 Å². The van der Waals surface area contributed by atoms with E-state index in [2.05, 4.69) is 83.1 Å². The predicted octanol–water partition coefficient (Wildman–Crippen LogP) is 15.2. The molecule has 0 saturated heterocycles. The molecule has 10 heteroatoms. The van der Waals surface area contributed by atoms with Gasteiger partial charge >= 0.3 is 40.8 Å². The Labute approximate surface area is 397 Å². The smallest absolute Gasteiger partial charge is 0.799 e. The summed E-state index contributed by atoms with van der Waals surface area (Å²) in [4.78, 5) is 37.0. The molecule has 58 heavy (non-hydrogen) atoms. The van der Waals surface area contributed by atoms with Gasteiger partial charge in [0.2, 0.25) is 0 Å². The summed E-state index contributed by atoms with van der Waals surface area (Å²) in [5.41, 5.74) is 0. The molecule has 0 amide bonds. The first-order valence-electron chi connectivity index (χ1n) is 24.8. The van der Waals surface area contributed by atoms with E-state index in [0.717, 1.165) is 154 Å². The third-order valence-electron chi connectivity index (χ3n) is 12.5. The van der Waals surface area contributed by atoms with E-state index >= 15 is 0 Å². The van der Waals surface area contributed by atoms with E-state index in [1.165, 1.54) is 0 Å². The van der Waals surface area contributed by atoms with Gasteiger partial charge in [-0.3, -0.25) is 0 Å². The predicted molar refractivity (Wildman–Crippen MR) is 252 cm³/mol. The van der Waals surface area contributed by atoms with Gasteiger partial charge in [-0.2, -0.15) is 0 Å². The summed E-state index contributed by atoms with van der Waals surface area (Å²) in [6.07, 6.45) is 29.0. The number of hydrogen-bond donors (Lipinski definition) is 0. The minimum atomic E-state index is -3.17. The maximum atomic E-state index is 12.3. The standard InChI is InChI=1S/3C16H35O2P.Nd/c3*1-5-9-11-15(7-3)13-19(17,18)14-16(8-4)12-10-6-2;/h3*15-16H,5-14H2,1-4H3,(H,17,18);/q;;;+3/p-3. The molecule has 0 heterocycles. The molecule has 0 spiro atoms. The Bertz CT molecular complexity index is 824. The van der Waals surface area contributed by atoms with Gasteiger partial charge in [-0.25, -0.2) is 0 Å². The van der Waals surface area contributed by atoms with Gasteiger partial charge in [0.25, 0.3) is 0 Å². The largest absolute Gasteiger partial charge is 3.00 e. The Morgan fingerprint density at radius 2 is 0.414 bits per heavy atom. The van der Waals surface area contributed by atoms with Gasteiger partial charge in [-0.05, 0) is 72.5 Å². The molecule has 0 saturated carbocycles. The van der Waals surface area contributed by atoms with Crippen molar-refractivity contribution >= 4 is 22.1 Å². The van der Waals surface area contributed by atoms with Crippen molar-refractivity contribution in [2.24, 2.45) is 35.5 Å². The molecular formula is C48H102NdO6P3. The SMILES string of the molecule is CCCCC(CC)CP(=O)([O-])CC(CC)CCCC.CCCCC(CC)CP(=O)([O-])CC(CC)CCCC.CCCCC(CC)CP(=O)([O-])CC(CC)CCCC.[Nd+3]. The van der Waals surface area contributed by atoms with Crippen LogP contribution in [0.5, 0.6) is 0 Å². The fraction of sp³-hybridized carbons (Fsp3) is 1.00. The van der Waals surface area contributed by atoms with E-state index < -0.39 is 22.1 Å². The molecule has 1 radical (unpaired) electrons. The normalized spacial score (nSPS) is 17.6. The molecule has 0 aliphatic carbocycles. The molecule has 0 aliphatic heterocycles. The van der Waals surface area contributed by atoms with Crippen LogP contribution in [-0.2, 0) is 13.7 Å². The van der Waals surface area contributed by atoms with Gasteiger partial charge in [0, 0.05) is 22.1 Å². The molecule has 0 aliphatic rings. The molecule has 0 bridgehead atoms. The molecule has 349 valence electrons. The Balaban J connectivity index is -0.000000374. The van der Waals surface area contributed by atoms with Crippen molar-refractivity contribution in [3.63, 3.8) is 0 Å². The molecule has 0 N–H and O–H groups in total. The molecule has 0 aromatic rings. The Hall–Kier alpha value is 1.92. The quantitative estimate of drug-likeness (QED) is 0.0577. The summed E-state index contributed by atoms with van der Waals surface area (Å²) >= 11 is 0. The average molecular weight is 1010 g/mol. The van der Waals surface area contributed by atoms with Gasteiger partial charge in [0.1, 0.15) is 0 Å². The van der Waals surface area contributed by atoms with E-state index in [4.69, 9.17) is 0 Å². The van der Waals surface area contributed by atoms with Crippen molar-refractivity contribution in [2.45, 2.75) is 237 Å². The number of hydrogen-bond acceptors (Lipinski definition) is 6. The summed E-state index contributed by atoms with van der Waals surface area (Å²) < 4.78 is 37.0. The molecule has 0 aromatic carbocycles. The minimum absolute atomic E-state index is 0. The Morgan fingerprint density at radius 3 is 0.500 bits per heavy atom. The third-order valence-corrected chi connectivity index (χ3v) is 18.9. The summed E-state index contributed by atoms with van der Waals surface area (Å²) in [7, 11) is -9.50. The van der Waals surface area contributed by atoms with Crippen LogP contribution in [0.15, 0.2) is 0 Å². The second-order valence-corrected chi connectivity index (χ2v) is 25.1.